The summed E-state index contributed by atoms with van der Waals surface area (Å²) in [4.78, 5) is 24.9. The van der Waals surface area contributed by atoms with Crippen LogP contribution in [0.3, 0.4) is 0 Å². The number of amides is 2. The minimum Gasteiger partial charge on any atom is -0.390 e. The summed E-state index contributed by atoms with van der Waals surface area (Å²) in [6, 6.07) is 4.67. The molecule has 41 heavy (non-hydrogen) atoms. The molecular weight excluding hydrogens is 589 g/mol. The number of aliphatic hydroxyl groups excluding tert-OH is 2. The van der Waals surface area contributed by atoms with E-state index in [1.807, 2.05) is 0 Å². The van der Waals surface area contributed by atoms with E-state index in [9.17, 15) is 46.5 Å². The number of benzene rings is 2. The first-order chi connectivity index (χ1) is 19.2. The average Bonchev–Trinajstić information content (AvgIpc) is 3.27. The molecule has 2 aromatic rings. The molecule has 0 aromatic heterocycles. The quantitative estimate of drug-likeness (QED) is 0.300. The van der Waals surface area contributed by atoms with Crippen molar-refractivity contribution in [3.05, 3.63) is 58.4 Å². The molecule has 14 heteroatoms. The number of sulfone groups is 1. The van der Waals surface area contributed by atoms with Crippen LogP contribution < -0.4 is 10.6 Å². The van der Waals surface area contributed by atoms with Crippen molar-refractivity contribution >= 4 is 38.9 Å². The summed E-state index contributed by atoms with van der Waals surface area (Å²) < 4.78 is 67.5. The molecule has 4 saturated carbocycles. The third kappa shape index (κ3) is 5.45. The van der Waals surface area contributed by atoms with Gasteiger partial charge in [-0.3, -0.25) is 9.59 Å². The molecule has 0 saturated heterocycles. The first-order valence-corrected chi connectivity index (χ1v) is 15.0. The van der Waals surface area contributed by atoms with Gasteiger partial charge in [0.2, 0.25) is 5.91 Å². The van der Waals surface area contributed by atoms with Crippen LogP contribution in [0, 0.1) is 35.2 Å². The Bertz CT molecular complexity index is 1460. The summed E-state index contributed by atoms with van der Waals surface area (Å²) in [5.41, 5.74) is -1.84. The monoisotopic (exact) mass is 616 g/mol. The van der Waals surface area contributed by atoms with Gasteiger partial charge in [-0.25, -0.2) is 21.6 Å². The van der Waals surface area contributed by atoms with Gasteiger partial charge in [0.25, 0.3) is 5.91 Å². The van der Waals surface area contributed by atoms with Crippen LogP contribution in [0.2, 0.25) is 5.02 Å². The largest absolute Gasteiger partial charge is 0.390 e. The molecule has 2 amide bonds. The van der Waals surface area contributed by atoms with E-state index in [1.54, 1.807) is 0 Å². The van der Waals surface area contributed by atoms with E-state index in [0.29, 0.717) is 18.6 Å². The topological polar surface area (TPSA) is 153 Å². The fourth-order valence-electron chi connectivity index (χ4n) is 6.25. The van der Waals surface area contributed by atoms with Gasteiger partial charge in [-0.2, -0.15) is 0 Å². The van der Waals surface area contributed by atoms with E-state index in [4.69, 9.17) is 11.6 Å². The normalized spacial score (nSPS) is 30.9. The molecule has 5 atom stereocenters. The fraction of sp³-hybridized carbons (Fsp3) is 0.481. The molecule has 5 N–H and O–H groups in total. The molecule has 0 heterocycles. The Kier molecular flexibility index (Phi) is 7.88. The van der Waals surface area contributed by atoms with Gasteiger partial charge in [0.1, 0.15) is 0 Å². The van der Waals surface area contributed by atoms with Crippen molar-refractivity contribution in [2.24, 2.45) is 17.8 Å². The number of hydrogen-bond acceptors (Lipinski definition) is 7. The van der Waals surface area contributed by atoms with Crippen molar-refractivity contribution in [2.45, 2.75) is 60.1 Å². The van der Waals surface area contributed by atoms with Gasteiger partial charge in [0.15, 0.2) is 27.3 Å². The third-order valence-electron chi connectivity index (χ3n) is 8.67. The highest BCUT2D eigenvalue weighted by Crippen LogP contribution is 2.55. The maximum atomic E-state index is 13.6. The number of halogens is 4. The minimum atomic E-state index is -4.09. The van der Waals surface area contributed by atoms with Crippen LogP contribution in [0.1, 0.15) is 42.5 Å². The molecule has 2 unspecified atom stereocenters. The Morgan fingerprint density at radius 2 is 1.54 bits per heavy atom. The number of carbonyl (C=O) groups excluding carboxylic acids is 2. The standard InChI is InChI=1S/C27H28ClF3N2O7S/c28-18-2-1-12(26(37)33-16-9-19(29)24(31)20(30)10-16)5-23(18)41(39,40)17-7-14-6-15(8-17)27(14,38)11-32-25(36)13-3-21(34)22(35)4-13/h1-2,5,9-10,13-15,17,21-22,34-35,38H,3-4,6-8,11H2,(H,32,36)(H,33,37)/t13-,14?,15?,17?,21-,22+,27?. The van der Waals surface area contributed by atoms with Crippen molar-refractivity contribution in [1.29, 1.82) is 0 Å². The summed E-state index contributed by atoms with van der Waals surface area (Å²) in [5, 5.41) is 34.5. The number of nitrogens with one attached hydrogen (secondary N) is 2. The molecule has 0 radical (unpaired) electrons. The molecule has 4 fully saturated rings. The highest BCUT2D eigenvalue weighted by Gasteiger charge is 2.60. The van der Waals surface area contributed by atoms with Crippen LogP contribution in [0.4, 0.5) is 18.9 Å². The fourth-order valence-corrected chi connectivity index (χ4v) is 8.65. The van der Waals surface area contributed by atoms with Gasteiger partial charge < -0.3 is 26.0 Å². The average molecular weight is 617 g/mol. The molecule has 0 spiro atoms. The van der Waals surface area contributed by atoms with E-state index < -0.39 is 79.9 Å². The number of anilines is 1. The maximum Gasteiger partial charge on any atom is 0.255 e. The van der Waals surface area contributed by atoms with Crippen molar-refractivity contribution in [3.8, 4) is 0 Å². The first-order valence-electron chi connectivity index (χ1n) is 13.1. The molecule has 4 aliphatic carbocycles. The van der Waals surface area contributed by atoms with Crippen molar-refractivity contribution in [3.63, 3.8) is 0 Å². The second-order valence-corrected chi connectivity index (χ2v) is 13.7. The van der Waals surface area contributed by atoms with Crippen molar-refractivity contribution in [1.82, 2.24) is 5.32 Å². The van der Waals surface area contributed by atoms with Crippen molar-refractivity contribution in [2.75, 3.05) is 11.9 Å². The van der Waals surface area contributed by atoms with E-state index in [2.05, 4.69) is 10.6 Å². The van der Waals surface area contributed by atoms with E-state index in [-0.39, 0.29) is 53.4 Å². The second-order valence-electron chi connectivity index (χ2n) is 11.1. The predicted molar refractivity (Wildman–Crippen MR) is 140 cm³/mol. The summed E-state index contributed by atoms with van der Waals surface area (Å²) in [7, 11) is -4.09. The summed E-state index contributed by atoms with van der Waals surface area (Å²) >= 11 is 6.21. The first kappa shape index (κ1) is 29.8. The molecule has 9 nitrogen and oxygen atoms in total. The SMILES string of the molecule is O=C(Nc1cc(F)c(F)c(F)c1)c1ccc(Cl)c(S(=O)(=O)C2CC3CC(C2)C3(O)CNC(=O)[C@@H]2C[C@@H](O)[C@@H](O)C2)c1. The highest BCUT2D eigenvalue weighted by atomic mass is 35.5. The molecule has 6 rings (SSSR count). The smallest absolute Gasteiger partial charge is 0.255 e. The Labute approximate surface area is 238 Å². The Hall–Kier alpha value is -2.71. The van der Waals surface area contributed by atoms with Gasteiger partial charge in [-0.15, -0.1) is 0 Å². The molecular formula is C27H28ClF3N2O7S. The van der Waals surface area contributed by atoms with Crippen molar-refractivity contribution < 1.29 is 46.5 Å². The van der Waals surface area contributed by atoms with Crippen LogP contribution >= 0.6 is 11.6 Å². The molecule has 0 aliphatic heterocycles. The Balaban J connectivity index is 1.26. The summed E-state index contributed by atoms with van der Waals surface area (Å²) in [6.07, 6.45) is -0.969. The van der Waals surface area contributed by atoms with E-state index >= 15 is 0 Å². The maximum absolute atomic E-state index is 13.6. The number of hydrogen-bond donors (Lipinski definition) is 5. The van der Waals surface area contributed by atoms with Crippen LogP contribution in [0.25, 0.3) is 0 Å². The Morgan fingerprint density at radius 1 is 0.951 bits per heavy atom. The number of aliphatic hydroxyl groups is 3. The van der Waals surface area contributed by atoms with Crippen LogP contribution in [-0.2, 0) is 14.6 Å². The molecule has 2 bridgehead atoms. The lowest BCUT2D eigenvalue weighted by atomic mass is 9.53. The Morgan fingerprint density at radius 3 is 2.12 bits per heavy atom. The third-order valence-corrected chi connectivity index (χ3v) is 11.3. The van der Waals surface area contributed by atoms with Crippen LogP contribution in [0.15, 0.2) is 35.2 Å². The lowest BCUT2D eigenvalue weighted by molar-refractivity contribution is -0.174. The number of fused-ring (bicyclic) bond motifs is 2. The highest BCUT2D eigenvalue weighted by molar-refractivity contribution is 7.92. The summed E-state index contributed by atoms with van der Waals surface area (Å²) in [6.45, 7) is -0.0857. The lowest BCUT2D eigenvalue weighted by Crippen LogP contribution is -2.66. The molecule has 2 aromatic carbocycles. The number of carbonyl (C=O) groups is 2. The van der Waals surface area contributed by atoms with Gasteiger partial charge in [-0.1, -0.05) is 11.6 Å². The molecule has 222 valence electrons. The van der Waals surface area contributed by atoms with Crippen LogP contribution in [-0.4, -0.2) is 65.2 Å². The van der Waals surface area contributed by atoms with Gasteiger partial charge in [0, 0.05) is 35.8 Å². The molecule has 4 aliphatic rings. The second kappa shape index (κ2) is 10.8. The predicted octanol–water partition coefficient (Wildman–Crippen LogP) is 2.56. The minimum absolute atomic E-state index is 0.0857. The van der Waals surface area contributed by atoms with Gasteiger partial charge in [-0.05, 0) is 62.1 Å². The van der Waals surface area contributed by atoms with Crippen LogP contribution in [0.5, 0.6) is 0 Å². The zero-order valence-corrected chi connectivity index (χ0v) is 23.1. The number of rotatable bonds is 7. The van der Waals surface area contributed by atoms with Gasteiger partial charge >= 0.3 is 0 Å². The van der Waals surface area contributed by atoms with E-state index in [0.717, 1.165) is 6.07 Å². The summed E-state index contributed by atoms with van der Waals surface area (Å²) in [5.74, 6) is -7.43. The van der Waals surface area contributed by atoms with Gasteiger partial charge in [0.05, 0.1) is 33.0 Å². The van der Waals surface area contributed by atoms with E-state index in [1.165, 1.54) is 12.1 Å². The lowest BCUT2D eigenvalue weighted by Gasteiger charge is -2.58. The zero-order valence-electron chi connectivity index (χ0n) is 21.5. The zero-order chi connectivity index (χ0) is 29.9.